The van der Waals surface area contributed by atoms with Crippen molar-refractivity contribution in [2.75, 3.05) is 13.2 Å². The smallest absolute Gasteiger partial charge is 0.161 e. The summed E-state index contributed by atoms with van der Waals surface area (Å²) < 4.78 is 5.22. The third kappa shape index (κ3) is 22.7. The van der Waals surface area contributed by atoms with Gasteiger partial charge in [-0.3, -0.25) is 0 Å². The molecule has 0 aliphatic carbocycles. The van der Waals surface area contributed by atoms with Crippen LogP contribution in [0.25, 0.3) is 0 Å². The Labute approximate surface area is 92.5 Å². The largest absolute Gasteiger partial charge is 0.424 e. The first kappa shape index (κ1) is 16.6. The predicted octanol–water partition coefficient (Wildman–Crippen LogP) is 2.46. The van der Waals surface area contributed by atoms with Crippen molar-refractivity contribution < 1.29 is 4.43 Å². The highest BCUT2D eigenvalue weighted by atomic mass is 28.2. The summed E-state index contributed by atoms with van der Waals surface area (Å²) in [5.41, 5.74) is 5.28. The second-order valence-electron chi connectivity index (χ2n) is 3.40. The maximum atomic E-state index is 5.28. The number of hydrogen-bond donors (Lipinski definition) is 1. The molecule has 14 heavy (non-hydrogen) atoms. The molecule has 0 bridgehead atoms. The van der Waals surface area contributed by atoms with Crippen LogP contribution in [0, 0.1) is 0 Å². The van der Waals surface area contributed by atoms with Gasteiger partial charge in [0.05, 0.1) is 0 Å². The molecule has 0 aliphatic heterocycles. The van der Waals surface area contributed by atoms with Gasteiger partial charge in [-0.25, -0.2) is 0 Å². The zero-order valence-electron chi connectivity index (χ0n) is 10.3. The number of rotatable bonds is 8. The van der Waals surface area contributed by atoms with Crippen LogP contribution in [0.4, 0.5) is 0 Å². The Bertz CT molecular complexity index is 71.7. The van der Waals surface area contributed by atoms with Gasteiger partial charge in [0.2, 0.25) is 0 Å². The van der Waals surface area contributed by atoms with E-state index in [-0.39, 0.29) is 9.76 Å². The van der Waals surface area contributed by atoms with Crippen molar-refractivity contribution in [2.45, 2.75) is 58.9 Å². The number of nitrogens with two attached hydrogens (primary N) is 1. The molecular weight excluding hydrogens is 190 g/mol. The van der Waals surface area contributed by atoms with Gasteiger partial charge in [0, 0.05) is 6.61 Å². The Hall–Kier alpha value is 0.137. The van der Waals surface area contributed by atoms with Gasteiger partial charge in [0.1, 0.15) is 0 Å². The van der Waals surface area contributed by atoms with E-state index in [1.54, 1.807) is 0 Å². The first-order chi connectivity index (χ1) is 6.83. The molecule has 0 atom stereocenters. The summed E-state index contributed by atoms with van der Waals surface area (Å²) in [5.74, 6) is 0. The monoisotopic (exact) mass is 219 g/mol. The average Bonchev–Trinajstić information content (AvgIpc) is 2.22. The van der Waals surface area contributed by atoms with Crippen LogP contribution in [0.15, 0.2) is 0 Å². The molecule has 2 nitrogen and oxygen atoms in total. The third-order valence-corrected chi connectivity index (χ3v) is 3.39. The zero-order chi connectivity index (χ0) is 11.1. The van der Waals surface area contributed by atoms with Crippen molar-refractivity contribution in [1.29, 1.82) is 0 Å². The van der Waals surface area contributed by atoms with Crippen molar-refractivity contribution in [3.8, 4) is 0 Å². The Balaban J connectivity index is 0. The maximum Gasteiger partial charge on any atom is 0.161 e. The van der Waals surface area contributed by atoms with Gasteiger partial charge < -0.3 is 10.2 Å². The van der Waals surface area contributed by atoms with E-state index in [4.69, 9.17) is 10.2 Å². The summed E-state index contributed by atoms with van der Waals surface area (Å²) in [6, 6.07) is 1.24. The minimum atomic E-state index is -0.180. The van der Waals surface area contributed by atoms with E-state index in [1.165, 1.54) is 31.7 Å². The fourth-order valence-corrected chi connectivity index (χ4v) is 1.98. The molecule has 0 spiro atoms. The van der Waals surface area contributed by atoms with Crippen LogP contribution in [0.1, 0.15) is 52.9 Å². The standard InChI is InChI=1S/C6H14.C5H15NOSi/c1-3-5-6-4-2;1-2-7-8-5-3-4-6/h3-6H2,1-2H3;2-6,8H2,1H3. The Morgan fingerprint density at radius 2 is 1.57 bits per heavy atom. The van der Waals surface area contributed by atoms with Gasteiger partial charge >= 0.3 is 0 Å². The Morgan fingerprint density at radius 1 is 1.00 bits per heavy atom. The Morgan fingerprint density at radius 3 is 1.93 bits per heavy atom. The molecule has 0 rings (SSSR count). The third-order valence-electron chi connectivity index (χ3n) is 1.90. The molecule has 0 heterocycles. The molecule has 0 saturated carbocycles. The zero-order valence-corrected chi connectivity index (χ0v) is 11.8. The number of hydrogen-bond acceptors (Lipinski definition) is 2. The summed E-state index contributed by atoms with van der Waals surface area (Å²) in [6.07, 6.45) is 6.68. The van der Waals surface area contributed by atoms with Gasteiger partial charge in [-0.05, 0) is 25.9 Å². The van der Waals surface area contributed by atoms with Crippen molar-refractivity contribution in [2.24, 2.45) is 5.73 Å². The summed E-state index contributed by atoms with van der Waals surface area (Å²) in [6.45, 7) is 8.21. The first-order valence-corrected chi connectivity index (χ1v) is 7.68. The van der Waals surface area contributed by atoms with E-state index < -0.39 is 0 Å². The van der Waals surface area contributed by atoms with Crippen LogP contribution >= 0.6 is 0 Å². The summed E-state index contributed by atoms with van der Waals surface area (Å²) >= 11 is 0. The average molecular weight is 219 g/mol. The molecule has 0 saturated heterocycles. The van der Waals surface area contributed by atoms with Crippen molar-refractivity contribution in [3.05, 3.63) is 0 Å². The molecule has 88 valence electrons. The minimum Gasteiger partial charge on any atom is -0.424 e. The maximum absolute atomic E-state index is 5.28. The predicted molar refractivity (Wildman–Crippen MR) is 68.5 cm³/mol. The first-order valence-electron chi connectivity index (χ1n) is 6.11. The lowest BCUT2D eigenvalue weighted by molar-refractivity contribution is 0.359. The van der Waals surface area contributed by atoms with Gasteiger partial charge in [0.15, 0.2) is 9.76 Å². The molecule has 0 unspecified atom stereocenters. The number of unbranched alkanes of at least 4 members (excludes halogenated alkanes) is 3. The topological polar surface area (TPSA) is 35.2 Å². The summed E-state index contributed by atoms with van der Waals surface area (Å²) in [4.78, 5) is 0. The molecule has 0 aromatic rings. The van der Waals surface area contributed by atoms with Gasteiger partial charge in [-0.15, -0.1) is 0 Å². The van der Waals surface area contributed by atoms with Gasteiger partial charge in [-0.1, -0.05) is 39.5 Å². The summed E-state index contributed by atoms with van der Waals surface area (Å²) in [5, 5.41) is 0. The SMILES string of the molecule is CCCCCC.CCO[SiH2]CCCN. The van der Waals surface area contributed by atoms with Crippen LogP contribution < -0.4 is 5.73 Å². The minimum absolute atomic E-state index is 0.180. The van der Waals surface area contributed by atoms with E-state index in [9.17, 15) is 0 Å². The van der Waals surface area contributed by atoms with Crippen molar-refractivity contribution in [1.82, 2.24) is 0 Å². The highest BCUT2D eigenvalue weighted by molar-refractivity contribution is 6.26. The van der Waals surface area contributed by atoms with Gasteiger partial charge in [-0.2, -0.15) is 0 Å². The van der Waals surface area contributed by atoms with Gasteiger partial charge in [0.25, 0.3) is 0 Å². The molecule has 0 radical (unpaired) electrons. The van der Waals surface area contributed by atoms with Crippen LogP contribution in [0.3, 0.4) is 0 Å². The van der Waals surface area contributed by atoms with Crippen LogP contribution in [0.2, 0.25) is 6.04 Å². The normalized spacial score (nSPS) is 10.3. The highest BCUT2D eigenvalue weighted by Crippen LogP contribution is 1.95. The van der Waals surface area contributed by atoms with E-state index in [0.717, 1.165) is 19.6 Å². The van der Waals surface area contributed by atoms with Crippen LogP contribution in [0.5, 0.6) is 0 Å². The van der Waals surface area contributed by atoms with E-state index >= 15 is 0 Å². The summed E-state index contributed by atoms with van der Waals surface area (Å²) in [7, 11) is -0.180. The highest BCUT2D eigenvalue weighted by Gasteiger charge is 1.84. The van der Waals surface area contributed by atoms with Crippen molar-refractivity contribution in [3.63, 3.8) is 0 Å². The van der Waals surface area contributed by atoms with E-state index in [2.05, 4.69) is 13.8 Å². The van der Waals surface area contributed by atoms with E-state index in [1.807, 2.05) is 6.92 Å². The van der Waals surface area contributed by atoms with E-state index in [0.29, 0.717) is 0 Å². The molecule has 0 aromatic heterocycles. The molecular formula is C11H29NOSi. The van der Waals surface area contributed by atoms with Crippen LogP contribution in [-0.4, -0.2) is 22.9 Å². The molecule has 0 aromatic carbocycles. The lowest BCUT2D eigenvalue weighted by Crippen LogP contribution is -2.03. The molecule has 0 fully saturated rings. The quantitative estimate of drug-likeness (QED) is 0.503. The molecule has 0 aliphatic rings. The Kier molecular flexibility index (Phi) is 22.3. The fraction of sp³-hybridized carbons (Fsp3) is 1.00. The van der Waals surface area contributed by atoms with Crippen LogP contribution in [-0.2, 0) is 4.43 Å². The second kappa shape index (κ2) is 18.8. The van der Waals surface area contributed by atoms with Crippen molar-refractivity contribution >= 4 is 9.76 Å². The molecule has 3 heteroatoms. The molecule has 2 N–H and O–H groups in total. The lowest BCUT2D eigenvalue weighted by Gasteiger charge is -1.96. The second-order valence-corrected chi connectivity index (χ2v) is 4.92. The fourth-order valence-electron chi connectivity index (χ4n) is 0.993. The molecule has 0 amide bonds. The lowest BCUT2D eigenvalue weighted by atomic mass is 10.2.